The molecule has 1 saturated carbocycles. The first-order valence-electron chi connectivity index (χ1n) is 9.66. The van der Waals surface area contributed by atoms with E-state index in [-0.39, 0.29) is 28.5 Å². The van der Waals surface area contributed by atoms with Gasteiger partial charge in [-0.25, -0.2) is 13.1 Å². The molecular formula is C19H28BrN3O4S. The molecule has 0 heterocycles. The van der Waals surface area contributed by atoms with Gasteiger partial charge in [0.05, 0.1) is 4.90 Å². The summed E-state index contributed by atoms with van der Waals surface area (Å²) in [5.74, 6) is -0.300. The Bertz CT molecular complexity index is 777. The quantitative estimate of drug-likeness (QED) is 0.504. The maximum absolute atomic E-state index is 12.4. The highest BCUT2D eigenvalue weighted by Gasteiger charge is 2.27. The maximum Gasteiger partial charge on any atom is 0.241 e. The minimum absolute atomic E-state index is 0.150. The number of sulfonamides is 1. The van der Waals surface area contributed by atoms with Crippen molar-refractivity contribution in [3.8, 4) is 0 Å². The minimum Gasteiger partial charge on any atom is -0.273 e. The molecule has 0 bridgehead atoms. The molecule has 3 N–H and O–H groups in total. The Morgan fingerprint density at radius 1 is 1.11 bits per heavy atom. The van der Waals surface area contributed by atoms with Crippen LogP contribution in [-0.4, -0.2) is 26.8 Å². The van der Waals surface area contributed by atoms with Crippen LogP contribution in [0.4, 0.5) is 0 Å². The number of carbonyl (C=O) groups excluding carboxylic acids is 2. The van der Waals surface area contributed by atoms with Gasteiger partial charge < -0.3 is 0 Å². The summed E-state index contributed by atoms with van der Waals surface area (Å²) in [4.78, 5) is 24.0. The van der Waals surface area contributed by atoms with Crippen LogP contribution < -0.4 is 15.6 Å². The average Bonchev–Trinajstić information content (AvgIpc) is 2.69. The van der Waals surface area contributed by atoms with Crippen molar-refractivity contribution in [3.63, 3.8) is 0 Å². The molecule has 1 aromatic carbocycles. The third-order valence-electron chi connectivity index (χ3n) is 4.99. The molecule has 1 aromatic rings. The van der Waals surface area contributed by atoms with Crippen LogP contribution in [0.1, 0.15) is 51.9 Å². The second-order valence-corrected chi connectivity index (χ2v) is 9.73. The van der Waals surface area contributed by atoms with Gasteiger partial charge >= 0.3 is 0 Å². The van der Waals surface area contributed by atoms with E-state index in [0.717, 1.165) is 25.7 Å². The first-order chi connectivity index (χ1) is 13.3. The van der Waals surface area contributed by atoms with Gasteiger partial charge in [-0.1, -0.05) is 25.5 Å². The third-order valence-corrected chi connectivity index (χ3v) is 7.42. The largest absolute Gasteiger partial charge is 0.273 e. The smallest absolute Gasteiger partial charge is 0.241 e. The molecule has 0 aromatic heterocycles. The number of rotatable bonds is 8. The lowest BCUT2D eigenvalue weighted by molar-refractivity contribution is -0.132. The maximum atomic E-state index is 12.4. The summed E-state index contributed by atoms with van der Waals surface area (Å²) in [6.07, 6.45) is 5.01. The van der Waals surface area contributed by atoms with Crippen LogP contribution in [0.5, 0.6) is 0 Å². The topological polar surface area (TPSA) is 104 Å². The van der Waals surface area contributed by atoms with Crippen molar-refractivity contribution in [2.45, 2.75) is 56.8 Å². The number of hydrogen-bond acceptors (Lipinski definition) is 4. The molecular weight excluding hydrogens is 446 g/mol. The lowest BCUT2D eigenvalue weighted by atomic mass is 9.82. The zero-order valence-electron chi connectivity index (χ0n) is 16.0. The van der Waals surface area contributed by atoms with Gasteiger partial charge in [-0.3, -0.25) is 20.4 Å². The first kappa shape index (κ1) is 22.8. The number of halogens is 1. The molecule has 1 fully saturated rings. The molecule has 2 rings (SSSR count). The minimum atomic E-state index is -3.57. The van der Waals surface area contributed by atoms with Gasteiger partial charge in [-0.2, -0.15) is 0 Å². The third kappa shape index (κ3) is 6.86. The fraction of sp³-hybridized carbons (Fsp3) is 0.579. The number of nitrogens with one attached hydrogen (secondary N) is 3. The molecule has 0 saturated heterocycles. The van der Waals surface area contributed by atoms with Crippen LogP contribution >= 0.6 is 15.9 Å². The number of hydrogen-bond donors (Lipinski definition) is 3. The summed E-state index contributed by atoms with van der Waals surface area (Å²) in [6.45, 7) is 2.36. The molecule has 9 heteroatoms. The number of unbranched alkanes of at least 4 members (excludes halogenated alkanes) is 1. The SMILES string of the molecule is CCCCC(=O)NNC(=O)C1CCC(CNS(=O)(=O)c2ccccc2Br)CC1. The highest BCUT2D eigenvalue weighted by atomic mass is 79.9. The van der Waals surface area contributed by atoms with Crippen LogP contribution in [0.25, 0.3) is 0 Å². The number of hydrazine groups is 1. The monoisotopic (exact) mass is 473 g/mol. The van der Waals surface area contributed by atoms with Crippen LogP contribution in [-0.2, 0) is 19.6 Å². The summed E-state index contributed by atoms with van der Waals surface area (Å²) in [7, 11) is -3.57. The molecule has 156 valence electrons. The normalized spacial score (nSPS) is 19.8. The molecule has 7 nitrogen and oxygen atoms in total. The Kier molecular flexibility index (Phi) is 8.91. The van der Waals surface area contributed by atoms with E-state index in [4.69, 9.17) is 0 Å². The van der Waals surface area contributed by atoms with E-state index in [9.17, 15) is 18.0 Å². The van der Waals surface area contributed by atoms with E-state index in [1.807, 2.05) is 6.92 Å². The van der Waals surface area contributed by atoms with Gasteiger partial charge in [0.2, 0.25) is 21.8 Å². The van der Waals surface area contributed by atoms with Crippen LogP contribution in [0.3, 0.4) is 0 Å². The van der Waals surface area contributed by atoms with E-state index < -0.39 is 10.0 Å². The molecule has 0 atom stereocenters. The molecule has 0 unspecified atom stereocenters. The summed E-state index contributed by atoms with van der Waals surface area (Å²) in [5, 5.41) is 0. The van der Waals surface area contributed by atoms with Crippen molar-refractivity contribution in [2.75, 3.05) is 6.54 Å². The van der Waals surface area contributed by atoms with E-state index in [0.29, 0.717) is 30.3 Å². The van der Waals surface area contributed by atoms with Gasteiger partial charge in [-0.15, -0.1) is 0 Å². The van der Waals surface area contributed by atoms with Crippen molar-refractivity contribution >= 4 is 37.8 Å². The Morgan fingerprint density at radius 3 is 2.43 bits per heavy atom. The number of carbonyl (C=O) groups is 2. The zero-order chi connectivity index (χ0) is 20.6. The van der Waals surface area contributed by atoms with Gasteiger partial charge in [0.15, 0.2) is 0 Å². The lowest BCUT2D eigenvalue weighted by Gasteiger charge is -2.27. The van der Waals surface area contributed by atoms with Gasteiger partial charge in [0.25, 0.3) is 0 Å². The predicted molar refractivity (Wildman–Crippen MR) is 111 cm³/mol. The van der Waals surface area contributed by atoms with E-state index in [1.165, 1.54) is 0 Å². The van der Waals surface area contributed by atoms with Crippen molar-refractivity contribution in [3.05, 3.63) is 28.7 Å². The van der Waals surface area contributed by atoms with Crippen molar-refractivity contribution in [1.29, 1.82) is 0 Å². The second-order valence-electron chi connectivity index (χ2n) is 7.14. The first-order valence-corrected chi connectivity index (χ1v) is 11.9. The Labute approximate surface area is 175 Å². The molecule has 28 heavy (non-hydrogen) atoms. The number of benzene rings is 1. The summed E-state index contributed by atoms with van der Waals surface area (Å²) >= 11 is 3.27. The van der Waals surface area contributed by atoms with Crippen LogP contribution in [0, 0.1) is 11.8 Å². The van der Waals surface area contributed by atoms with Gasteiger partial charge in [-0.05, 0) is 66.1 Å². The predicted octanol–water partition coefficient (Wildman–Crippen LogP) is 2.87. The fourth-order valence-electron chi connectivity index (χ4n) is 3.23. The Hall–Kier alpha value is -1.45. The van der Waals surface area contributed by atoms with E-state index >= 15 is 0 Å². The molecule has 0 spiro atoms. The number of amides is 2. The fourth-order valence-corrected chi connectivity index (χ4v) is 5.35. The Balaban J connectivity index is 1.74. The molecule has 1 aliphatic carbocycles. The van der Waals surface area contributed by atoms with Crippen molar-refractivity contribution < 1.29 is 18.0 Å². The van der Waals surface area contributed by atoms with Gasteiger partial charge in [0.1, 0.15) is 0 Å². The van der Waals surface area contributed by atoms with Crippen LogP contribution in [0.15, 0.2) is 33.6 Å². The standard InChI is InChI=1S/C19H28BrN3O4S/c1-2-3-8-18(24)22-23-19(25)15-11-9-14(10-12-15)13-21-28(26,27)17-7-5-4-6-16(17)20/h4-7,14-15,21H,2-3,8-13H2,1H3,(H,22,24)(H,23,25). The second kappa shape index (κ2) is 10.9. The van der Waals surface area contributed by atoms with E-state index in [2.05, 4.69) is 31.5 Å². The average molecular weight is 474 g/mol. The van der Waals surface area contributed by atoms with E-state index in [1.54, 1.807) is 24.3 Å². The Morgan fingerprint density at radius 2 is 1.79 bits per heavy atom. The highest BCUT2D eigenvalue weighted by Crippen LogP contribution is 2.29. The van der Waals surface area contributed by atoms with Gasteiger partial charge in [0, 0.05) is 23.4 Å². The molecule has 1 aliphatic rings. The summed E-state index contributed by atoms with van der Waals surface area (Å²) < 4.78 is 28.1. The highest BCUT2D eigenvalue weighted by molar-refractivity contribution is 9.10. The summed E-state index contributed by atoms with van der Waals surface area (Å²) in [6, 6.07) is 6.70. The van der Waals surface area contributed by atoms with Crippen molar-refractivity contribution in [1.82, 2.24) is 15.6 Å². The zero-order valence-corrected chi connectivity index (χ0v) is 18.4. The molecule has 0 radical (unpaired) electrons. The van der Waals surface area contributed by atoms with Crippen LogP contribution in [0.2, 0.25) is 0 Å². The molecule has 0 aliphatic heterocycles. The lowest BCUT2D eigenvalue weighted by Crippen LogP contribution is -2.45. The molecule has 2 amide bonds. The van der Waals surface area contributed by atoms with Crippen molar-refractivity contribution in [2.24, 2.45) is 11.8 Å². The summed E-state index contributed by atoms with van der Waals surface area (Å²) in [5.41, 5.74) is 4.96.